The van der Waals surface area contributed by atoms with E-state index in [0.29, 0.717) is 0 Å². The van der Waals surface area contributed by atoms with E-state index < -0.39 is 0 Å². The molecule has 0 radical (unpaired) electrons. The zero-order valence-electron chi connectivity index (χ0n) is 43.4. The molecule has 0 saturated carbocycles. The first-order valence-corrected chi connectivity index (χ1v) is 28.1. The highest BCUT2D eigenvalue weighted by Crippen LogP contribution is 2.62. The average Bonchev–Trinajstić information content (AvgIpc) is 3.65. The molecule has 0 heterocycles. The molecule has 0 bridgehead atoms. The number of benzene rings is 16. The second kappa shape index (κ2) is 15.6. The Morgan fingerprint density at radius 3 is 1.19 bits per heavy atom. The van der Waals surface area contributed by atoms with Gasteiger partial charge in [-0.25, -0.2) is 0 Å². The largest absolute Gasteiger partial charge is 0.0622 e. The summed E-state index contributed by atoms with van der Waals surface area (Å²) in [6, 6.07) is 101. The standard InChI is InChI=1S/C80H44/c1-5-18-45(19-6-1)51-32-33-59(65(42-51)46-20-7-2-8-21-46)73-67-44-50-27-14-13-26-49(50)43-66(67)69(48-24-11-4-12-25-48)78-62-39-35-55-56-34-38-61-75-64(41-37-58(71(56)75)57-36-40-63(79(73)78)74(62)70(55)57)80-76-54-29-16-15-28-52(54)53-30-17-31-60(72(53)76)68(77(61)80)47-22-9-3-10-23-47/h1-44H. The third-order valence-corrected chi connectivity index (χ3v) is 18.6. The van der Waals surface area contributed by atoms with E-state index in [1.54, 1.807) is 0 Å². The van der Waals surface area contributed by atoms with Gasteiger partial charge in [0.2, 0.25) is 0 Å². The van der Waals surface area contributed by atoms with Gasteiger partial charge in [0.15, 0.2) is 0 Å². The van der Waals surface area contributed by atoms with Gasteiger partial charge in [-0.2, -0.15) is 0 Å². The van der Waals surface area contributed by atoms with Gasteiger partial charge in [-0.05, 0) is 215 Å². The van der Waals surface area contributed by atoms with Crippen LogP contribution in [0.15, 0.2) is 267 Å². The molecule has 18 aromatic carbocycles. The summed E-state index contributed by atoms with van der Waals surface area (Å²) in [6.07, 6.45) is 0. The molecular formula is C80H44. The zero-order valence-corrected chi connectivity index (χ0v) is 43.4. The van der Waals surface area contributed by atoms with Crippen LogP contribution in [0.2, 0.25) is 0 Å². The van der Waals surface area contributed by atoms with Gasteiger partial charge < -0.3 is 0 Å². The monoisotopic (exact) mass is 1000 g/mol. The minimum Gasteiger partial charge on any atom is -0.0622 e. The Morgan fingerprint density at radius 1 is 0.138 bits per heavy atom. The molecule has 0 aliphatic heterocycles. The van der Waals surface area contributed by atoms with Crippen LogP contribution in [-0.4, -0.2) is 0 Å². The second-order valence-corrected chi connectivity index (χ2v) is 22.4. The smallest absolute Gasteiger partial charge is 0.000696 e. The van der Waals surface area contributed by atoms with E-state index in [1.165, 1.54) is 196 Å². The lowest BCUT2D eigenvalue weighted by atomic mass is 9.80. The number of fused-ring (bicyclic) bond motifs is 14. The number of hydrogen-bond acceptors (Lipinski definition) is 0. The molecule has 0 nitrogen and oxygen atoms in total. The van der Waals surface area contributed by atoms with Crippen LogP contribution in [-0.2, 0) is 0 Å². The number of rotatable bonds is 5. The molecule has 0 fully saturated rings. The summed E-state index contributed by atoms with van der Waals surface area (Å²) in [7, 11) is 0. The molecular weight excluding hydrogens is 961 g/mol. The fourth-order valence-corrected chi connectivity index (χ4v) is 15.5. The fourth-order valence-electron chi connectivity index (χ4n) is 15.5. The third-order valence-electron chi connectivity index (χ3n) is 18.6. The van der Waals surface area contributed by atoms with E-state index in [9.17, 15) is 0 Å². The molecule has 0 N–H and O–H groups in total. The van der Waals surface area contributed by atoms with E-state index >= 15 is 0 Å². The average molecular weight is 1010 g/mol. The SMILES string of the molecule is c1ccc(-c2ccc(-c3c4c(c(-c5ccccc5)c5cc6ccccc6cc35)-c3ccc5c6ccc7c8c(-c9ccccc9)c9cccc%10c%11ccccc%11c(c9%10)c8c8ccc(c9ccc-4c3c59)c6c78)c(-c3ccccc3)c2)cc1. The maximum atomic E-state index is 2.49. The predicted molar refractivity (Wildman–Crippen MR) is 344 cm³/mol. The Labute approximate surface area is 460 Å². The molecule has 19 rings (SSSR count). The molecule has 18 aromatic rings. The van der Waals surface area contributed by atoms with Crippen molar-refractivity contribution in [2.24, 2.45) is 0 Å². The lowest BCUT2D eigenvalue weighted by molar-refractivity contribution is 1.57. The van der Waals surface area contributed by atoms with Crippen LogP contribution in [0.5, 0.6) is 0 Å². The van der Waals surface area contributed by atoms with Gasteiger partial charge in [0.1, 0.15) is 0 Å². The molecule has 0 amide bonds. The van der Waals surface area contributed by atoms with Gasteiger partial charge in [-0.1, -0.05) is 249 Å². The molecule has 1 aliphatic rings. The molecule has 0 aromatic heterocycles. The van der Waals surface area contributed by atoms with E-state index in [2.05, 4.69) is 267 Å². The highest BCUT2D eigenvalue weighted by Gasteiger charge is 2.34. The first-order chi connectivity index (χ1) is 39.7. The molecule has 0 heteroatoms. The molecule has 0 saturated heterocycles. The fraction of sp³-hybridized carbons (Fsp3) is 0. The summed E-state index contributed by atoms with van der Waals surface area (Å²) in [4.78, 5) is 0. The van der Waals surface area contributed by atoms with Crippen LogP contribution in [0.3, 0.4) is 0 Å². The van der Waals surface area contributed by atoms with Crippen LogP contribution in [0.1, 0.15) is 0 Å². The van der Waals surface area contributed by atoms with Gasteiger partial charge in [-0.3, -0.25) is 0 Å². The summed E-state index contributed by atoms with van der Waals surface area (Å²) in [5.74, 6) is 0. The lowest BCUT2D eigenvalue weighted by Crippen LogP contribution is -1.96. The summed E-state index contributed by atoms with van der Waals surface area (Å²) < 4.78 is 0. The summed E-state index contributed by atoms with van der Waals surface area (Å²) in [5, 5.41) is 29.1. The van der Waals surface area contributed by atoms with Gasteiger partial charge in [0.25, 0.3) is 0 Å². The summed E-state index contributed by atoms with van der Waals surface area (Å²) in [6.45, 7) is 0. The Bertz CT molecular complexity index is 5640. The first-order valence-electron chi connectivity index (χ1n) is 28.1. The minimum atomic E-state index is 1.20. The topological polar surface area (TPSA) is 0 Å². The maximum Gasteiger partial charge on any atom is -0.000696 e. The third kappa shape index (κ3) is 5.45. The van der Waals surface area contributed by atoms with E-state index in [0.717, 1.165) is 0 Å². The Balaban J connectivity index is 0.967. The van der Waals surface area contributed by atoms with Crippen LogP contribution in [0, 0.1) is 0 Å². The Kier molecular flexibility index (Phi) is 8.34. The van der Waals surface area contributed by atoms with Gasteiger partial charge >= 0.3 is 0 Å². The number of hydrogen-bond donors (Lipinski definition) is 0. The minimum absolute atomic E-state index is 1.20. The van der Waals surface area contributed by atoms with Gasteiger partial charge in [-0.15, -0.1) is 0 Å². The maximum absolute atomic E-state index is 2.49. The van der Waals surface area contributed by atoms with Gasteiger partial charge in [0, 0.05) is 0 Å². The van der Waals surface area contributed by atoms with E-state index in [-0.39, 0.29) is 0 Å². The second-order valence-electron chi connectivity index (χ2n) is 22.4. The van der Waals surface area contributed by atoms with Crippen molar-refractivity contribution in [3.8, 4) is 77.9 Å². The van der Waals surface area contributed by atoms with Crippen LogP contribution < -0.4 is 0 Å². The summed E-state index contributed by atoms with van der Waals surface area (Å²) in [5.41, 5.74) is 17.7. The van der Waals surface area contributed by atoms with Crippen molar-refractivity contribution >= 4 is 118 Å². The van der Waals surface area contributed by atoms with Crippen LogP contribution in [0.25, 0.3) is 196 Å². The predicted octanol–water partition coefficient (Wildman–Crippen LogP) is 22.7. The van der Waals surface area contributed by atoms with Crippen molar-refractivity contribution in [2.75, 3.05) is 0 Å². The normalized spacial score (nSPS) is 12.5. The van der Waals surface area contributed by atoms with Crippen LogP contribution >= 0.6 is 0 Å². The van der Waals surface area contributed by atoms with Crippen molar-refractivity contribution < 1.29 is 0 Å². The molecule has 1 aliphatic carbocycles. The molecule has 0 spiro atoms. The van der Waals surface area contributed by atoms with E-state index in [1.807, 2.05) is 0 Å². The van der Waals surface area contributed by atoms with Crippen molar-refractivity contribution in [3.63, 3.8) is 0 Å². The van der Waals surface area contributed by atoms with Crippen molar-refractivity contribution in [3.05, 3.63) is 267 Å². The Hall–Kier alpha value is -10.4. The van der Waals surface area contributed by atoms with Gasteiger partial charge in [0.05, 0.1) is 0 Å². The molecule has 80 heavy (non-hydrogen) atoms. The zero-order chi connectivity index (χ0) is 51.9. The van der Waals surface area contributed by atoms with Crippen molar-refractivity contribution in [2.45, 2.75) is 0 Å². The molecule has 0 atom stereocenters. The quantitative estimate of drug-likeness (QED) is 0.119. The van der Waals surface area contributed by atoms with E-state index in [4.69, 9.17) is 0 Å². The summed E-state index contributed by atoms with van der Waals surface area (Å²) >= 11 is 0. The highest BCUT2D eigenvalue weighted by atomic mass is 14.4. The Morgan fingerprint density at radius 2 is 0.537 bits per heavy atom. The lowest BCUT2D eigenvalue weighted by Gasteiger charge is -2.23. The highest BCUT2D eigenvalue weighted by molar-refractivity contribution is 6.51. The van der Waals surface area contributed by atoms with Crippen molar-refractivity contribution in [1.29, 1.82) is 0 Å². The van der Waals surface area contributed by atoms with Crippen molar-refractivity contribution in [1.82, 2.24) is 0 Å². The van der Waals surface area contributed by atoms with Crippen LogP contribution in [0.4, 0.5) is 0 Å². The molecule has 0 unspecified atom stereocenters. The molecule has 364 valence electrons. The first kappa shape index (κ1) is 42.7.